The van der Waals surface area contributed by atoms with Crippen LogP contribution in [-0.4, -0.2) is 34.6 Å². The Morgan fingerprint density at radius 1 is 1.14 bits per heavy atom. The predicted octanol–water partition coefficient (Wildman–Crippen LogP) is -1.98. The van der Waals surface area contributed by atoms with Crippen molar-refractivity contribution in [2.75, 3.05) is 0 Å². The average molecular weight is 194 g/mol. The van der Waals surface area contributed by atoms with Gasteiger partial charge in [-0.25, -0.2) is 0 Å². The van der Waals surface area contributed by atoms with Crippen molar-refractivity contribution in [1.82, 2.24) is 10.2 Å². The van der Waals surface area contributed by atoms with Gasteiger partial charge in [0.15, 0.2) is 0 Å². The highest BCUT2D eigenvalue weighted by Crippen LogP contribution is 2.42. The molecule has 0 aromatic heterocycles. The summed E-state index contributed by atoms with van der Waals surface area (Å²) in [5.74, 6) is -2.89. The minimum atomic E-state index is -0.860. The zero-order valence-corrected chi connectivity index (χ0v) is 7.02. The van der Waals surface area contributed by atoms with Crippen molar-refractivity contribution in [3.05, 3.63) is 0 Å². The minimum Gasteiger partial charge on any atom is -0.294 e. The van der Waals surface area contributed by atoms with E-state index < -0.39 is 29.7 Å². The van der Waals surface area contributed by atoms with Crippen LogP contribution in [0.5, 0.6) is 0 Å². The van der Waals surface area contributed by atoms with Crippen LogP contribution in [0.1, 0.15) is 6.42 Å². The SMILES string of the molecule is O=C1NC(=O)C2C1C1CC(=O)N2C1=O. The third kappa shape index (κ3) is 0.604. The smallest absolute Gasteiger partial charge is 0.250 e. The lowest BCUT2D eigenvalue weighted by atomic mass is 9.88. The minimum absolute atomic E-state index is 0.0701. The van der Waals surface area contributed by atoms with Crippen LogP contribution in [0.25, 0.3) is 0 Å². The van der Waals surface area contributed by atoms with Crippen LogP contribution >= 0.6 is 0 Å². The average Bonchev–Trinajstić information content (AvgIpc) is 2.64. The number of hydrogen-bond donors (Lipinski definition) is 1. The van der Waals surface area contributed by atoms with E-state index in [4.69, 9.17) is 0 Å². The van der Waals surface area contributed by atoms with Crippen LogP contribution < -0.4 is 5.32 Å². The van der Waals surface area contributed by atoms with Crippen LogP contribution in [0, 0.1) is 11.8 Å². The first-order valence-corrected chi connectivity index (χ1v) is 4.32. The van der Waals surface area contributed by atoms with Crippen LogP contribution in [0.3, 0.4) is 0 Å². The van der Waals surface area contributed by atoms with Gasteiger partial charge >= 0.3 is 0 Å². The Hall–Kier alpha value is -1.72. The first-order valence-electron chi connectivity index (χ1n) is 4.32. The molecular formula is C8H6N2O4. The van der Waals surface area contributed by atoms with Gasteiger partial charge in [-0.1, -0.05) is 0 Å². The van der Waals surface area contributed by atoms with Gasteiger partial charge in [0, 0.05) is 6.42 Å². The van der Waals surface area contributed by atoms with Gasteiger partial charge in [0.2, 0.25) is 17.7 Å². The Balaban J connectivity index is 2.12. The maximum absolute atomic E-state index is 11.5. The molecule has 3 atom stereocenters. The summed E-state index contributed by atoms with van der Waals surface area (Å²) in [7, 11) is 0. The van der Waals surface area contributed by atoms with Gasteiger partial charge in [0.05, 0.1) is 11.8 Å². The quantitative estimate of drug-likeness (QED) is 0.453. The van der Waals surface area contributed by atoms with Gasteiger partial charge in [-0.2, -0.15) is 0 Å². The number of carbonyl (C=O) groups excluding carboxylic acids is 4. The van der Waals surface area contributed by atoms with Crippen molar-refractivity contribution in [2.45, 2.75) is 12.5 Å². The molecule has 1 N–H and O–H groups in total. The second kappa shape index (κ2) is 2.02. The third-order valence-corrected chi connectivity index (χ3v) is 3.09. The van der Waals surface area contributed by atoms with Crippen molar-refractivity contribution in [2.24, 2.45) is 11.8 Å². The lowest BCUT2D eigenvalue weighted by molar-refractivity contribution is -0.143. The number of hydrogen-bond acceptors (Lipinski definition) is 4. The number of carbonyl (C=O) groups is 4. The number of amides is 4. The largest absolute Gasteiger partial charge is 0.294 e. The molecule has 3 aliphatic rings. The molecule has 0 spiro atoms. The summed E-state index contributed by atoms with van der Waals surface area (Å²) >= 11 is 0. The lowest BCUT2D eigenvalue weighted by Gasteiger charge is -2.19. The van der Waals surface area contributed by atoms with Crippen LogP contribution in [-0.2, 0) is 19.2 Å². The Morgan fingerprint density at radius 3 is 2.57 bits per heavy atom. The summed E-state index contributed by atoms with van der Waals surface area (Å²) in [5.41, 5.74) is 0. The molecule has 0 saturated carbocycles. The molecule has 6 nitrogen and oxygen atoms in total. The normalized spacial score (nSPS) is 39.4. The summed E-state index contributed by atoms with van der Waals surface area (Å²) in [5, 5.41) is 2.14. The van der Waals surface area contributed by atoms with Crippen molar-refractivity contribution >= 4 is 23.6 Å². The van der Waals surface area contributed by atoms with E-state index in [-0.39, 0.29) is 18.2 Å². The molecule has 0 radical (unpaired) electrons. The molecule has 3 aliphatic heterocycles. The lowest BCUT2D eigenvalue weighted by Crippen LogP contribution is -2.43. The number of rotatable bonds is 0. The fourth-order valence-electron chi connectivity index (χ4n) is 2.51. The Labute approximate surface area is 78.2 Å². The van der Waals surface area contributed by atoms with Crippen LogP contribution in [0.15, 0.2) is 0 Å². The molecule has 0 aromatic rings. The molecular weight excluding hydrogens is 188 g/mol. The third-order valence-electron chi connectivity index (χ3n) is 3.09. The van der Waals surface area contributed by atoms with Crippen molar-refractivity contribution in [3.8, 4) is 0 Å². The van der Waals surface area contributed by atoms with Crippen molar-refractivity contribution in [1.29, 1.82) is 0 Å². The zero-order valence-electron chi connectivity index (χ0n) is 7.02. The van der Waals surface area contributed by atoms with Gasteiger partial charge in [-0.15, -0.1) is 0 Å². The Morgan fingerprint density at radius 2 is 1.86 bits per heavy atom. The topological polar surface area (TPSA) is 83.6 Å². The van der Waals surface area contributed by atoms with Gasteiger partial charge < -0.3 is 0 Å². The number of fused-ring (bicyclic) bond motifs is 5. The number of nitrogens with one attached hydrogen (secondary N) is 1. The maximum atomic E-state index is 11.5. The summed E-state index contributed by atoms with van der Waals surface area (Å²) in [6.07, 6.45) is 0.0701. The summed E-state index contributed by atoms with van der Waals surface area (Å²) in [6, 6.07) is -0.860. The zero-order chi connectivity index (χ0) is 10.0. The van der Waals surface area contributed by atoms with Crippen LogP contribution in [0.2, 0.25) is 0 Å². The fourth-order valence-corrected chi connectivity index (χ4v) is 2.51. The molecule has 3 rings (SSSR count). The highest BCUT2D eigenvalue weighted by molar-refractivity contribution is 6.19. The van der Waals surface area contributed by atoms with Gasteiger partial charge in [0.1, 0.15) is 6.04 Å². The van der Waals surface area contributed by atoms with E-state index in [9.17, 15) is 19.2 Å². The van der Waals surface area contributed by atoms with E-state index in [1.807, 2.05) is 0 Å². The molecule has 3 unspecified atom stereocenters. The number of piperidine rings is 1. The van der Waals surface area contributed by atoms with Gasteiger partial charge in [-0.3, -0.25) is 29.4 Å². The number of nitrogens with zero attached hydrogens (tertiary/aromatic N) is 1. The van der Waals surface area contributed by atoms with Gasteiger partial charge in [-0.05, 0) is 0 Å². The summed E-state index contributed by atoms with van der Waals surface area (Å²) in [4.78, 5) is 46.2. The molecule has 0 aromatic carbocycles. The van der Waals surface area contributed by atoms with E-state index in [0.29, 0.717) is 0 Å². The molecule has 3 fully saturated rings. The monoisotopic (exact) mass is 194 g/mol. The molecule has 3 heterocycles. The van der Waals surface area contributed by atoms with E-state index >= 15 is 0 Å². The van der Waals surface area contributed by atoms with Crippen molar-refractivity contribution in [3.63, 3.8) is 0 Å². The van der Waals surface area contributed by atoms with Gasteiger partial charge in [0.25, 0.3) is 5.91 Å². The first kappa shape index (κ1) is 7.66. The second-order valence-corrected chi connectivity index (χ2v) is 3.74. The molecule has 2 bridgehead atoms. The second-order valence-electron chi connectivity index (χ2n) is 3.74. The number of imide groups is 2. The van der Waals surface area contributed by atoms with E-state index in [0.717, 1.165) is 4.90 Å². The highest BCUT2D eigenvalue weighted by Gasteiger charge is 2.65. The molecule has 4 amide bonds. The first-order chi connectivity index (χ1) is 6.61. The standard InChI is InChI=1S/C8H6N2O4/c11-3-1-2-4-5(10(3)8(2)14)7(13)9-6(4)12/h2,4-5H,1H2,(H,9,12,13). The van der Waals surface area contributed by atoms with Crippen molar-refractivity contribution < 1.29 is 19.2 Å². The van der Waals surface area contributed by atoms with E-state index in [1.54, 1.807) is 0 Å². The molecule has 3 saturated heterocycles. The maximum Gasteiger partial charge on any atom is 0.250 e. The summed E-state index contributed by atoms with van der Waals surface area (Å²) < 4.78 is 0. The predicted molar refractivity (Wildman–Crippen MR) is 40.4 cm³/mol. The molecule has 14 heavy (non-hydrogen) atoms. The Bertz CT molecular complexity index is 402. The molecule has 0 aliphatic carbocycles. The highest BCUT2D eigenvalue weighted by atomic mass is 16.2. The van der Waals surface area contributed by atoms with E-state index in [2.05, 4.69) is 5.32 Å². The molecule has 72 valence electrons. The Kier molecular flexibility index (Phi) is 1.11. The van der Waals surface area contributed by atoms with E-state index in [1.165, 1.54) is 0 Å². The fraction of sp³-hybridized carbons (Fsp3) is 0.500. The molecule has 6 heteroatoms. The van der Waals surface area contributed by atoms with Crippen LogP contribution in [0.4, 0.5) is 0 Å². The summed E-state index contributed by atoms with van der Waals surface area (Å²) in [6.45, 7) is 0.